The maximum atomic E-state index is 11.9. The number of likely N-dealkylation sites (N-methyl/N-ethyl adjacent to an activating group) is 1. The molecule has 0 radical (unpaired) electrons. The Labute approximate surface area is 141 Å². The van der Waals surface area contributed by atoms with Crippen LogP contribution >= 0.6 is 0 Å². The van der Waals surface area contributed by atoms with E-state index in [0.29, 0.717) is 18.4 Å². The normalized spacial score (nSPS) is 20.1. The Morgan fingerprint density at radius 1 is 1.29 bits per heavy atom. The lowest BCUT2D eigenvalue weighted by atomic mass is 10.1. The highest BCUT2D eigenvalue weighted by Crippen LogP contribution is 2.22. The van der Waals surface area contributed by atoms with E-state index in [-0.39, 0.29) is 18.1 Å². The molecule has 1 aromatic heterocycles. The number of aromatic nitrogens is 2. The zero-order valence-corrected chi connectivity index (χ0v) is 14.2. The van der Waals surface area contributed by atoms with Crippen LogP contribution in [0.5, 0.6) is 0 Å². The van der Waals surface area contributed by atoms with Crippen LogP contribution in [0.3, 0.4) is 0 Å². The molecule has 1 amide bonds. The van der Waals surface area contributed by atoms with Crippen molar-refractivity contribution in [2.45, 2.75) is 32.0 Å². The zero-order valence-electron chi connectivity index (χ0n) is 14.2. The van der Waals surface area contributed by atoms with Gasteiger partial charge in [0, 0.05) is 26.2 Å². The van der Waals surface area contributed by atoms with Gasteiger partial charge in [-0.05, 0) is 19.8 Å². The topological polar surface area (TPSA) is 80.5 Å². The molecule has 7 heteroatoms. The first-order valence-corrected chi connectivity index (χ1v) is 8.04. The molecule has 1 fully saturated rings. The molecule has 7 nitrogen and oxygen atoms in total. The Morgan fingerprint density at radius 2 is 2.04 bits per heavy atom. The van der Waals surface area contributed by atoms with Crippen molar-refractivity contribution in [1.82, 2.24) is 15.0 Å². The second-order valence-electron chi connectivity index (χ2n) is 6.23. The lowest BCUT2D eigenvalue weighted by Gasteiger charge is -2.17. The van der Waals surface area contributed by atoms with E-state index in [4.69, 9.17) is 9.26 Å². The second kappa shape index (κ2) is 7.00. The molecule has 0 aliphatic carbocycles. The quantitative estimate of drug-likeness (QED) is 0.904. The van der Waals surface area contributed by atoms with E-state index in [9.17, 15) is 4.79 Å². The first-order valence-electron chi connectivity index (χ1n) is 8.04. The van der Waals surface area contributed by atoms with E-state index in [0.717, 1.165) is 18.4 Å². The van der Waals surface area contributed by atoms with Gasteiger partial charge in [-0.25, -0.2) is 0 Å². The summed E-state index contributed by atoms with van der Waals surface area (Å²) in [7, 11) is 3.48. The van der Waals surface area contributed by atoms with Crippen molar-refractivity contribution in [2.24, 2.45) is 0 Å². The van der Waals surface area contributed by atoms with Crippen molar-refractivity contribution in [3.8, 4) is 11.4 Å². The number of ether oxygens (including phenoxy) is 1. The summed E-state index contributed by atoms with van der Waals surface area (Å²) in [4.78, 5) is 17.8. The predicted molar refractivity (Wildman–Crippen MR) is 89.5 cm³/mol. The zero-order chi connectivity index (χ0) is 17.1. The molecule has 2 heterocycles. The minimum atomic E-state index is -0.349. The molecule has 2 aromatic rings. The molecule has 3 rings (SSSR count). The first-order chi connectivity index (χ1) is 11.5. The fourth-order valence-corrected chi connectivity index (χ4v) is 2.64. The van der Waals surface area contributed by atoms with E-state index in [1.54, 1.807) is 19.0 Å². The summed E-state index contributed by atoms with van der Waals surface area (Å²) in [5.41, 5.74) is 2.09. The summed E-state index contributed by atoms with van der Waals surface area (Å²) in [6, 6.07) is 8.29. The number of hydrogen-bond donors (Lipinski definition) is 1. The number of anilines is 1. The van der Waals surface area contributed by atoms with Crippen LogP contribution < -0.4 is 5.32 Å². The first kappa shape index (κ1) is 16.4. The average Bonchev–Trinajstić information content (AvgIpc) is 3.22. The summed E-state index contributed by atoms with van der Waals surface area (Å²) < 4.78 is 11.0. The molecule has 128 valence electrons. The lowest BCUT2D eigenvalue weighted by molar-refractivity contribution is -0.140. The second-order valence-corrected chi connectivity index (χ2v) is 6.23. The molecule has 1 aromatic carbocycles. The fraction of sp³-hybridized carbons (Fsp3) is 0.471. The van der Waals surface area contributed by atoms with Crippen LogP contribution in [0, 0.1) is 6.92 Å². The van der Waals surface area contributed by atoms with Gasteiger partial charge in [-0.1, -0.05) is 35.0 Å². The SMILES string of the molecule is Cc1ccc(-c2noc(NC[C@@H]3CC[C@H](C(=O)N(C)C)O3)n2)cc1. The monoisotopic (exact) mass is 330 g/mol. The molecule has 2 atom stereocenters. The van der Waals surface area contributed by atoms with Gasteiger partial charge in [0.1, 0.15) is 6.10 Å². The number of benzene rings is 1. The lowest BCUT2D eigenvalue weighted by Crippen LogP contribution is -2.34. The molecule has 0 bridgehead atoms. The highest BCUT2D eigenvalue weighted by atomic mass is 16.5. The van der Waals surface area contributed by atoms with Crippen molar-refractivity contribution >= 4 is 11.9 Å². The van der Waals surface area contributed by atoms with Crippen molar-refractivity contribution in [3.63, 3.8) is 0 Å². The van der Waals surface area contributed by atoms with E-state index < -0.39 is 0 Å². The highest BCUT2D eigenvalue weighted by Gasteiger charge is 2.31. The van der Waals surface area contributed by atoms with Crippen LogP contribution in [0.1, 0.15) is 18.4 Å². The molecular weight excluding hydrogens is 308 g/mol. The molecule has 1 aliphatic heterocycles. The van der Waals surface area contributed by atoms with E-state index >= 15 is 0 Å². The van der Waals surface area contributed by atoms with Crippen LogP contribution in [0.15, 0.2) is 28.8 Å². The molecule has 1 saturated heterocycles. The van der Waals surface area contributed by atoms with Crippen molar-refractivity contribution in [1.29, 1.82) is 0 Å². The number of carbonyl (C=O) groups excluding carboxylic acids is 1. The molecule has 24 heavy (non-hydrogen) atoms. The van der Waals surface area contributed by atoms with Gasteiger partial charge < -0.3 is 19.5 Å². The molecule has 0 saturated carbocycles. The van der Waals surface area contributed by atoms with Crippen LogP contribution in [-0.4, -0.2) is 53.8 Å². The van der Waals surface area contributed by atoms with Gasteiger partial charge in [-0.2, -0.15) is 4.98 Å². The third kappa shape index (κ3) is 3.73. The maximum Gasteiger partial charge on any atom is 0.321 e. The largest absolute Gasteiger partial charge is 0.363 e. The van der Waals surface area contributed by atoms with Crippen molar-refractivity contribution in [3.05, 3.63) is 29.8 Å². The average molecular weight is 330 g/mol. The van der Waals surface area contributed by atoms with Gasteiger partial charge in [0.05, 0.1) is 6.10 Å². The smallest absolute Gasteiger partial charge is 0.321 e. The summed E-state index contributed by atoms with van der Waals surface area (Å²) in [6.07, 6.45) is 1.18. The van der Waals surface area contributed by atoms with E-state index in [2.05, 4.69) is 15.5 Å². The van der Waals surface area contributed by atoms with Crippen molar-refractivity contribution in [2.75, 3.05) is 26.0 Å². The molecule has 0 spiro atoms. The van der Waals surface area contributed by atoms with Crippen molar-refractivity contribution < 1.29 is 14.1 Å². The Hall–Kier alpha value is -2.41. The van der Waals surface area contributed by atoms with Gasteiger partial charge in [-0.15, -0.1) is 0 Å². The van der Waals surface area contributed by atoms with Crippen LogP contribution in [0.2, 0.25) is 0 Å². The Bertz CT molecular complexity index is 696. The summed E-state index contributed by atoms with van der Waals surface area (Å²) in [5.74, 6) is 0.558. The Kier molecular flexibility index (Phi) is 4.80. The summed E-state index contributed by atoms with van der Waals surface area (Å²) in [5, 5.41) is 7.06. The van der Waals surface area contributed by atoms with Gasteiger partial charge >= 0.3 is 6.01 Å². The standard InChI is InChI=1S/C17H22N4O3/c1-11-4-6-12(7-5-11)15-19-17(24-20-15)18-10-13-8-9-14(23-13)16(22)21(2)3/h4-7,13-14H,8-10H2,1-3H3,(H,18,19,20)/t13-,14+/m0/s1. The Morgan fingerprint density at radius 3 is 2.75 bits per heavy atom. The summed E-state index contributed by atoms with van der Waals surface area (Å²) in [6.45, 7) is 2.57. The number of nitrogens with one attached hydrogen (secondary N) is 1. The number of nitrogens with zero attached hydrogens (tertiary/aromatic N) is 3. The van der Waals surface area contributed by atoms with Gasteiger partial charge in [0.2, 0.25) is 5.82 Å². The number of aryl methyl sites for hydroxylation is 1. The minimum absolute atomic E-state index is 0.0111. The van der Waals surface area contributed by atoms with Crippen LogP contribution in [0.25, 0.3) is 11.4 Å². The van der Waals surface area contributed by atoms with Gasteiger partial charge in [0.15, 0.2) is 0 Å². The van der Waals surface area contributed by atoms with E-state index in [1.807, 2.05) is 31.2 Å². The fourth-order valence-electron chi connectivity index (χ4n) is 2.64. The number of hydrogen-bond acceptors (Lipinski definition) is 6. The van der Waals surface area contributed by atoms with Crippen LogP contribution in [0.4, 0.5) is 6.01 Å². The third-order valence-corrected chi connectivity index (χ3v) is 4.04. The van der Waals surface area contributed by atoms with E-state index in [1.165, 1.54) is 5.56 Å². The van der Waals surface area contributed by atoms with Gasteiger partial charge in [0.25, 0.3) is 5.91 Å². The Balaban J connectivity index is 1.53. The molecular formula is C17H22N4O3. The summed E-state index contributed by atoms with van der Waals surface area (Å²) >= 11 is 0. The number of carbonyl (C=O) groups is 1. The molecule has 1 aliphatic rings. The minimum Gasteiger partial charge on any atom is -0.363 e. The van der Waals surface area contributed by atoms with Gasteiger partial charge in [-0.3, -0.25) is 4.79 Å². The highest BCUT2D eigenvalue weighted by molar-refractivity contribution is 5.80. The number of amides is 1. The predicted octanol–water partition coefficient (Wildman–Crippen LogP) is 2.09. The molecule has 0 unspecified atom stereocenters. The third-order valence-electron chi connectivity index (χ3n) is 4.04. The van der Waals surface area contributed by atoms with Crippen LogP contribution in [-0.2, 0) is 9.53 Å². The maximum absolute atomic E-state index is 11.9. The number of rotatable bonds is 5. The molecule has 1 N–H and O–H groups in total.